The van der Waals surface area contributed by atoms with Crippen molar-refractivity contribution in [2.75, 3.05) is 33.7 Å². The highest BCUT2D eigenvalue weighted by molar-refractivity contribution is 5.80. The van der Waals surface area contributed by atoms with E-state index in [1.165, 1.54) is 25.7 Å². The fraction of sp³-hybridized carbons (Fsp3) is 0.875. The summed E-state index contributed by atoms with van der Waals surface area (Å²) in [5.74, 6) is 1.70. The van der Waals surface area contributed by atoms with Crippen molar-refractivity contribution in [1.29, 1.82) is 0 Å². The van der Waals surface area contributed by atoms with Crippen molar-refractivity contribution in [2.24, 2.45) is 10.9 Å². The minimum atomic E-state index is 0.159. The van der Waals surface area contributed by atoms with Gasteiger partial charge in [-0.15, -0.1) is 0 Å². The average molecular weight is 296 g/mol. The zero-order chi connectivity index (χ0) is 15.5. The molecule has 1 fully saturated rings. The van der Waals surface area contributed by atoms with E-state index >= 15 is 0 Å². The van der Waals surface area contributed by atoms with Gasteiger partial charge in [0, 0.05) is 40.2 Å². The third-order valence-corrected chi connectivity index (χ3v) is 4.19. The predicted octanol–water partition coefficient (Wildman–Crippen LogP) is 1.99. The highest BCUT2D eigenvalue weighted by Gasteiger charge is 2.22. The number of aliphatic imine (C=N–C) groups is 1. The van der Waals surface area contributed by atoms with E-state index in [1.807, 2.05) is 7.05 Å². The number of hydrogen-bond donors (Lipinski definition) is 2. The van der Waals surface area contributed by atoms with Crippen LogP contribution in [0.5, 0.6) is 0 Å². The molecule has 1 amide bonds. The van der Waals surface area contributed by atoms with Gasteiger partial charge in [-0.25, -0.2) is 0 Å². The molecule has 5 nitrogen and oxygen atoms in total. The van der Waals surface area contributed by atoms with Crippen LogP contribution in [0.25, 0.3) is 0 Å². The second kappa shape index (κ2) is 10.5. The fourth-order valence-electron chi connectivity index (χ4n) is 2.80. The summed E-state index contributed by atoms with van der Waals surface area (Å²) in [7, 11) is 3.56. The molecule has 2 N–H and O–H groups in total. The molecule has 0 aliphatic carbocycles. The minimum absolute atomic E-state index is 0.159. The van der Waals surface area contributed by atoms with E-state index in [0.717, 1.165) is 38.4 Å². The molecule has 1 saturated heterocycles. The summed E-state index contributed by atoms with van der Waals surface area (Å²) in [4.78, 5) is 18.1. The third-order valence-electron chi connectivity index (χ3n) is 4.19. The number of nitrogens with one attached hydrogen (secondary N) is 2. The third kappa shape index (κ3) is 6.82. The Morgan fingerprint density at radius 3 is 2.52 bits per heavy atom. The van der Waals surface area contributed by atoms with Crippen molar-refractivity contribution in [1.82, 2.24) is 15.5 Å². The number of hydrogen-bond acceptors (Lipinski definition) is 2. The second-order valence-corrected chi connectivity index (χ2v) is 5.84. The van der Waals surface area contributed by atoms with Gasteiger partial charge in [0.05, 0.1) is 0 Å². The first-order valence-corrected chi connectivity index (χ1v) is 8.37. The summed E-state index contributed by atoms with van der Waals surface area (Å²) in [6, 6.07) is 0. The second-order valence-electron chi connectivity index (χ2n) is 5.84. The number of carbonyl (C=O) groups excluding carboxylic acids is 1. The molecule has 0 aromatic carbocycles. The van der Waals surface area contributed by atoms with Gasteiger partial charge in [0.25, 0.3) is 0 Å². The summed E-state index contributed by atoms with van der Waals surface area (Å²) in [6.07, 6.45) is 7.88. The van der Waals surface area contributed by atoms with Crippen LogP contribution in [0.15, 0.2) is 4.99 Å². The van der Waals surface area contributed by atoms with Crippen LogP contribution in [-0.2, 0) is 4.79 Å². The number of carbonyl (C=O) groups is 1. The largest absolute Gasteiger partial charge is 0.359 e. The Morgan fingerprint density at radius 2 is 1.95 bits per heavy atom. The van der Waals surface area contributed by atoms with Crippen LogP contribution in [-0.4, -0.2) is 50.5 Å². The Morgan fingerprint density at radius 1 is 1.24 bits per heavy atom. The molecule has 21 heavy (non-hydrogen) atoms. The molecule has 1 aliphatic rings. The number of amides is 1. The first-order chi connectivity index (χ1) is 10.2. The maximum absolute atomic E-state index is 11.4. The van der Waals surface area contributed by atoms with Crippen LogP contribution < -0.4 is 10.6 Å². The molecular weight excluding hydrogens is 264 g/mol. The summed E-state index contributed by atoms with van der Waals surface area (Å²) in [6.45, 7) is 5.23. The van der Waals surface area contributed by atoms with Crippen LogP contribution >= 0.6 is 0 Å². The Kier molecular flexibility index (Phi) is 8.87. The summed E-state index contributed by atoms with van der Waals surface area (Å²) >= 11 is 0. The molecule has 0 atom stereocenters. The fourth-order valence-corrected chi connectivity index (χ4v) is 2.80. The standard InChI is InChI=1S/C16H32N4O/c1-4-5-6-7-10-19-16(18-3)20-11-8-14(9-12-20)13-15(21)17-2/h14H,4-13H2,1-3H3,(H,17,21)(H,18,19). The number of rotatable bonds is 7. The zero-order valence-electron chi connectivity index (χ0n) is 14.0. The lowest BCUT2D eigenvalue weighted by molar-refractivity contribution is -0.121. The Balaban J connectivity index is 2.25. The van der Waals surface area contributed by atoms with E-state index in [4.69, 9.17) is 0 Å². The van der Waals surface area contributed by atoms with Gasteiger partial charge in [0.1, 0.15) is 0 Å². The van der Waals surface area contributed by atoms with Gasteiger partial charge in [-0.3, -0.25) is 9.79 Å². The number of guanidine groups is 1. The van der Waals surface area contributed by atoms with Gasteiger partial charge in [-0.2, -0.15) is 0 Å². The maximum atomic E-state index is 11.4. The monoisotopic (exact) mass is 296 g/mol. The van der Waals surface area contributed by atoms with Gasteiger partial charge in [-0.05, 0) is 25.2 Å². The molecule has 1 aliphatic heterocycles. The quantitative estimate of drug-likeness (QED) is 0.429. The van der Waals surface area contributed by atoms with Crippen LogP contribution in [0.2, 0.25) is 0 Å². The van der Waals surface area contributed by atoms with Gasteiger partial charge < -0.3 is 15.5 Å². The van der Waals surface area contributed by atoms with E-state index < -0.39 is 0 Å². The van der Waals surface area contributed by atoms with Crippen LogP contribution in [0.3, 0.4) is 0 Å². The molecule has 1 heterocycles. The molecule has 0 aromatic heterocycles. The highest BCUT2D eigenvalue weighted by Crippen LogP contribution is 2.20. The predicted molar refractivity (Wildman–Crippen MR) is 88.5 cm³/mol. The average Bonchev–Trinajstić information content (AvgIpc) is 2.52. The van der Waals surface area contributed by atoms with Crippen molar-refractivity contribution in [2.45, 2.75) is 51.9 Å². The van der Waals surface area contributed by atoms with Crippen LogP contribution in [0, 0.1) is 5.92 Å². The Bertz CT molecular complexity index is 322. The van der Waals surface area contributed by atoms with Crippen molar-refractivity contribution in [3.05, 3.63) is 0 Å². The summed E-state index contributed by atoms with van der Waals surface area (Å²) in [5, 5.41) is 6.17. The zero-order valence-corrected chi connectivity index (χ0v) is 14.0. The number of unbranched alkanes of at least 4 members (excludes halogenated alkanes) is 3. The molecule has 0 unspecified atom stereocenters. The first-order valence-electron chi connectivity index (χ1n) is 8.37. The van der Waals surface area contributed by atoms with E-state index in [1.54, 1.807) is 7.05 Å². The van der Waals surface area contributed by atoms with E-state index in [-0.39, 0.29) is 5.91 Å². The molecule has 0 spiro atoms. The molecule has 0 bridgehead atoms. The summed E-state index contributed by atoms with van der Waals surface area (Å²) in [5.41, 5.74) is 0. The van der Waals surface area contributed by atoms with Crippen molar-refractivity contribution in [3.63, 3.8) is 0 Å². The van der Waals surface area contributed by atoms with Gasteiger partial charge >= 0.3 is 0 Å². The van der Waals surface area contributed by atoms with Crippen molar-refractivity contribution >= 4 is 11.9 Å². The Hall–Kier alpha value is -1.26. The van der Waals surface area contributed by atoms with Crippen molar-refractivity contribution < 1.29 is 4.79 Å². The minimum Gasteiger partial charge on any atom is -0.359 e. The lowest BCUT2D eigenvalue weighted by Gasteiger charge is -2.34. The van der Waals surface area contributed by atoms with Crippen molar-refractivity contribution in [3.8, 4) is 0 Å². The SMILES string of the molecule is CCCCCCNC(=NC)N1CCC(CC(=O)NC)CC1. The number of likely N-dealkylation sites (tertiary alicyclic amines) is 1. The maximum Gasteiger partial charge on any atom is 0.220 e. The van der Waals surface area contributed by atoms with E-state index in [9.17, 15) is 4.79 Å². The van der Waals surface area contributed by atoms with E-state index in [2.05, 4.69) is 27.4 Å². The number of piperidine rings is 1. The lowest BCUT2D eigenvalue weighted by atomic mass is 9.93. The molecule has 122 valence electrons. The summed E-state index contributed by atoms with van der Waals surface area (Å²) < 4.78 is 0. The van der Waals surface area contributed by atoms with Crippen LogP contribution in [0.1, 0.15) is 51.9 Å². The lowest BCUT2D eigenvalue weighted by Crippen LogP contribution is -2.46. The normalized spacial score (nSPS) is 16.9. The molecule has 0 aromatic rings. The van der Waals surface area contributed by atoms with E-state index in [0.29, 0.717) is 12.3 Å². The molecule has 5 heteroatoms. The molecule has 0 saturated carbocycles. The smallest absolute Gasteiger partial charge is 0.220 e. The topological polar surface area (TPSA) is 56.7 Å². The Labute approximate surface area is 129 Å². The first kappa shape index (κ1) is 17.8. The highest BCUT2D eigenvalue weighted by atomic mass is 16.1. The van der Waals surface area contributed by atoms with Gasteiger partial charge in [-0.1, -0.05) is 26.2 Å². The van der Waals surface area contributed by atoms with Gasteiger partial charge in [0.15, 0.2) is 5.96 Å². The number of nitrogens with zero attached hydrogens (tertiary/aromatic N) is 2. The van der Waals surface area contributed by atoms with Crippen LogP contribution in [0.4, 0.5) is 0 Å². The molecular formula is C16H32N4O. The van der Waals surface area contributed by atoms with Gasteiger partial charge in [0.2, 0.25) is 5.91 Å². The molecule has 1 rings (SSSR count). The molecule has 0 radical (unpaired) electrons.